The molecule has 12 atom stereocenters. The molecule has 0 radical (unpaired) electrons. The van der Waals surface area contributed by atoms with Gasteiger partial charge in [-0.15, -0.1) is 0 Å². The Morgan fingerprint density at radius 1 is 1.06 bits per heavy atom. The average Bonchev–Trinajstić information content (AvgIpc) is 3.16. The minimum atomic E-state index is -1.04. The van der Waals surface area contributed by atoms with Crippen molar-refractivity contribution < 1.29 is 35.1 Å². The standard InChI is InChI=1S/C27H46O7/c1-15(4-7-24(33)34-14-18(30)13-28)19-5-6-20-25-21(12-23(32)27(19,20)3)26(2)9-8-17(29)10-16(26)11-22(25)31/h15-23,25,28-32H,4-14H2,1-3H3/t15-,16+,17-,18?,19-,20?,21?,22-,23+,25?,26+,27-/m1/s1. The Hall–Kier alpha value is -0.730. The van der Waals surface area contributed by atoms with E-state index in [1.54, 1.807) is 0 Å². The lowest BCUT2D eigenvalue weighted by Gasteiger charge is -2.63. The van der Waals surface area contributed by atoms with Crippen LogP contribution >= 0.6 is 0 Å². The lowest BCUT2D eigenvalue weighted by molar-refractivity contribution is -0.207. The predicted molar refractivity (Wildman–Crippen MR) is 126 cm³/mol. The van der Waals surface area contributed by atoms with Crippen molar-refractivity contribution in [1.29, 1.82) is 0 Å². The Labute approximate surface area is 203 Å². The van der Waals surface area contributed by atoms with Gasteiger partial charge in [-0.2, -0.15) is 0 Å². The van der Waals surface area contributed by atoms with Gasteiger partial charge in [-0.1, -0.05) is 20.8 Å². The normalized spacial score (nSPS) is 47.8. The molecule has 7 nitrogen and oxygen atoms in total. The average molecular weight is 483 g/mol. The fourth-order valence-electron chi connectivity index (χ4n) is 8.99. The molecule has 0 spiro atoms. The Kier molecular flexibility index (Phi) is 7.72. The summed E-state index contributed by atoms with van der Waals surface area (Å²) in [5, 5.41) is 51.5. The van der Waals surface area contributed by atoms with Crippen LogP contribution in [0.25, 0.3) is 0 Å². The molecule has 4 fully saturated rings. The van der Waals surface area contributed by atoms with E-state index in [0.717, 1.165) is 38.5 Å². The summed E-state index contributed by atoms with van der Waals surface area (Å²) in [5.41, 5.74) is -0.214. The zero-order valence-corrected chi connectivity index (χ0v) is 21.1. The summed E-state index contributed by atoms with van der Waals surface area (Å²) in [7, 11) is 0. The molecule has 0 aromatic heterocycles. The molecule has 4 unspecified atom stereocenters. The van der Waals surface area contributed by atoms with E-state index >= 15 is 0 Å². The fraction of sp³-hybridized carbons (Fsp3) is 0.963. The monoisotopic (exact) mass is 482 g/mol. The number of hydrogen-bond donors (Lipinski definition) is 5. The number of rotatable bonds is 7. The van der Waals surface area contributed by atoms with Crippen molar-refractivity contribution in [2.45, 2.75) is 103 Å². The summed E-state index contributed by atoms with van der Waals surface area (Å²) in [6, 6.07) is 0. The minimum Gasteiger partial charge on any atom is -0.463 e. The van der Waals surface area contributed by atoms with Crippen molar-refractivity contribution in [3.63, 3.8) is 0 Å². The van der Waals surface area contributed by atoms with Crippen molar-refractivity contribution in [3.8, 4) is 0 Å². The first-order valence-corrected chi connectivity index (χ1v) is 13.5. The number of esters is 1. The fourth-order valence-corrected chi connectivity index (χ4v) is 8.99. The third-order valence-electron chi connectivity index (χ3n) is 11.0. The Bertz CT molecular complexity index is 730. The van der Waals surface area contributed by atoms with Gasteiger partial charge in [-0.25, -0.2) is 0 Å². The van der Waals surface area contributed by atoms with Gasteiger partial charge in [0.15, 0.2) is 0 Å². The smallest absolute Gasteiger partial charge is 0.305 e. The molecular weight excluding hydrogens is 436 g/mol. The van der Waals surface area contributed by atoms with Crippen LogP contribution in [0.4, 0.5) is 0 Å². The van der Waals surface area contributed by atoms with Crippen molar-refractivity contribution in [1.82, 2.24) is 0 Å². The summed E-state index contributed by atoms with van der Waals surface area (Å²) < 4.78 is 5.07. The van der Waals surface area contributed by atoms with Crippen molar-refractivity contribution >= 4 is 5.97 Å². The Morgan fingerprint density at radius 2 is 1.79 bits per heavy atom. The highest BCUT2D eigenvalue weighted by Gasteiger charge is 2.65. The first kappa shape index (κ1) is 26.3. The van der Waals surface area contributed by atoms with E-state index in [1.165, 1.54) is 0 Å². The Morgan fingerprint density at radius 3 is 2.50 bits per heavy atom. The third kappa shape index (κ3) is 4.45. The van der Waals surface area contributed by atoms with Gasteiger partial charge in [0.2, 0.25) is 0 Å². The largest absolute Gasteiger partial charge is 0.463 e. The second-order valence-corrected chi connectivity index (χ2v) is 12.6. The van der Waals surface area contributed by atoms with Crippen LogP contribution in [0.1, 0.15) is 78.6 Å². The van der Waals surface area contributed by atoms with E-state index in [0.29, 0.717) is 18.8 Å². The van der Waals surface area contributed by atoms with E-state index in [2.05, 4.69) is 20.8 Å². The molecule has 0 amide bonds. The second-order valence-electron chi connectivity index (χ2n) is 12.6. The number of carbonyl (C=O) groups excluding carboxylic acids is 1. The third-order valence-corrected chi connectivity index (χ3v) is 11.0. The highest BCUT2D eigenvalue weighted by atomic mass is 16.5. The van der Waals surface area contributed by atoms with Crippen LogP contribution in [0.2, 0.25) is 0 Å². The zero-order valence-electron chi connectivity index (χ0n) is 21.1. The Balaban J connectivity index is 1.45. The lowest BCUT2D eigenvalue weighted by atomic mass is 9.43. The molecule has 0 aromatic carbocycles. The maximum absolute atomic E-state index is 12.1. The molecule has 4 aliphatic rings. The number of fused-ring (bicyclic) bond motifs is 5. The maximum Gasteiger partial charge on any atom is 0.305 e. The zero-order chi connectivity index (χ0) is 24.8. The molecular formula is C27H46O7. The second kappa shape index (κ2) is 9.97. The topological polar surface area (TPSA) is 127 Å². The molecule has 0 aromatic rings. The molecule has 4 rings (SSSR count). The number of ether oxygens (including phenoxy) is 1. The van der Waals surface area contributed by atoms with E-state index in [4.69, 9.17) is 9.84 Å². The summed E-state index contributed by atoms with van der Waals surface area (Å²) in [4.78, 5) is 12.1. The number of aliphatic hydroxyl groups excluding tert-OH is 5. The minimum absolute atomic E-state index is 0.0675. The van der Waals surface area contributed by atoms with Gasteiger partial charge in [0.05, 0.1) is 24.9 Å². The summed E-state index contributed by atoms with van der Waals surface area (Å²) in [6.45, 7) is 6.09. The van der Waals surface area contributed by atoms with Gasteiger partial charge in [0.1, 0.15) is 12.7 Å². The van der Waals surface area contributed by atoms with Crippen molar-refractivity contribution in [2.75, 3.05) is 13.2 Å². The van der Waals surface area contributed by atoms with Crippen LogP contribution in [0.3, 0.4) is 0 Å². The highest BCUT2D eigenvalue weighted by Crippen LogP contribution is 2.68. The number of aliphatic hydroxyl groups is 5. The van der Waals surface area contributed by atoms with Crippen LogP contribution < -0.4 is 0 Å². The highest BCUT2D eigenvalue weighted by molar-refractivity contribution is 5.69. The van der Waals surface area contributed by atoms with Crippen LogP contribution in [0.15, 0.2) is 0 Å². The van der Waals surface area contributed by atoms with Crippen LogP contribution in [0, 0.1) is 46.3 Å². The van der Waals surface area contributed by atoms with E-state index in [-0.39, 0.29) is 71.6 Å². The summed E-state index contributed by atoms with van der Waals surface area (Å²) >= 11 is 0. The lowest BCUT2D eigenvalue weighted by Crippen LogP contribution is -2.62. The SMILES string of the molecule is C[C@H](CCC(=O)OCC(O)CO)[C@H]1CCC2C3C(C[C@H](O)[C@@]21C)[C@@]1(C)CC[C@@H](O)C[C@H]1C[C@H]3O. The molecule has 4 aliphatic carbocycles. The predicted octanol–water partition coefficient (Wildman–Crippen LogP) is 2.26. The van der Waals surface area contributed by atoms with E-state index in [9.17, 15) is 25.2 Å². The molecule has 4 saturated carbocycles. The first-order valence-electron chi connectivity index (χ1n) is 13.5. The molecule has 0 saturated heterocycles. The molecule has 196 valence electrons. The van der Waals surface area contributed by atoms with E-state index in [1.807, 2.05) is 0 Å². The maximum atomic E-state index is 12.1. The van der Waals surface area contributed by atoms with Crippen LogP contribution in [0.5, 0.6) is 0 Å². The van der Waals surface area contributed by atoms with Crippen molar-refractivity contribution in [2.24, 2.45) is 46.3 Å². The molecule has 0 aliphatic heterocycles. The summed E-state index contributed by atoms with van der Waals surface area (Å²) in [5.74, 6) is 1.18. The van der Waals surface area contributed by atoms with E-state index < -0.39 is 18.8 Å². The van der Waals surface area contributed by atoms with Gasteiger partial charge in [-0.3, -0.25) is 4.79 Å². The number of hydrogen-bond acceptors (Lipinski definition) is 7. The van der Waals surface area contributed by atoms with Crippen LogP contribution in [-0.4, -0.2) is 69.1 Å². The first-order chi connectivity index (χ1) is 16.0. The van der Waals surface area contributed by atoms with Gasteiger partial charge >= 0.3 is 5.97 Å². The molecule has 0 heterocycles. The summed E-state index contributed by atoms with van der Waals surface area (Å²) in [6.07, 6.45) is 4.78. The van der Waals surface area contributed by atoms with Gasteiger partial charge in [0.25, 0.3) is 0 Å². The quantitative estimate of drug-likeness (QED) is 0.352. The molecule has 5 N–H and O–H groups in total. The van der Waals surface area contributed by atoms with Crippen LogP contribution in [-0.2, 0) is 9.53 Å². The molecule has 34 heavy (non-hydrogen) atoms. The van der Waals surface area contributed by atoms with Crippen molar-refractivity contribution in [3.05, 3.63) is 0 Å². The van der Waals surface area contributed by atoms with Gasteiger partial charge < -0.3 is 30.3 Å². The van der Waals surface area contributed by atoms with Gasteiger partial charge in [-0.05, 0) is 97.7 Å². The molecule has 0 bridgehead atoms. The number of carbonyl (C=O) groups is 1. The molecule has 7 heteroatoms. The van der Waals surface area contributed by atoms with Gasteiger partial charge in [0, 0.05) is 6.42 Å².